The zero-order chi connectivity index (χ0) is 15.2. The number of aliphatic hydroxyl groups is 1. The molecule has 0 aliphatic carbocycles. The van der Waals surface area contributed by atoms with Gasteiger partial charge in [-0.1, -0.05) is 23.2 Å². The molecule has 0 aromatic carbocycles. The molecule has 0 spiro atoms. The topological polar surface area (TPSA) is 106 Å². The van der Waals surface area contributed by atoms with Crippen LogP contribution >= 0.6 is 11.3 Å². The minimum absolute atomic E-state index is 0.0397. The van der Waals surface area contributed by atoms with E-state index in [1.54, 1.807) is 0 Å². The lowest BCUT2D eigenvalue weighted by Crippen LogP contribution is -2.33. The second-order valence-corrected chi connectivity index (χ2v) is 6.65. The van der Waals surface area contributed by atoms with Crippen molar-refractivity contribution in [2.24, 2.45) is 0 Å². The van der Waals surface area contributed by atoms with Gasteiger partial charge in [-0.3, -0.25) is 9.52 Å². The Labute approximate surface area is 121 Å². The first kappa shape index (κ1) is 16.4. The normalized spacial score (nSPS) is 12.2. The average molecular weight is 318 g/mol. The molecule has 0 fully saturated rings. The third kappa shape index (κ3) is 4.48. The number of nitrogens with one attached hydrogen (secondary N) is 1. The molecule has 0 saturated carbocycles. The highest BCUT2D eigenvalue weighted by molar-refractivity contribution is 7.94. The number of ether oxygens (including phenoxy) is 1. The van der Waals surface area contributed by atoms with Crippen molar-refractivity contribution in [2.75, 3.05) is 18.4 Å². The van der Waals surface area contributed by atoms with Gasteiger partial charge in [0.05, 0.1) is 24.8 Å². The Kier molecular flexibility index (Phi) is 5.94. The molecule has 2 N–H and O–H groups in total. The molecule has 1 atom stereocenters. The Morgan fingerprint density at radius 1 is 1.65 bits per heavy atom. The first-order valence-electron chi connectivity index (χ1n) is 5.55. The van der Waals surface area contributed by atoms with Crippen LogP contribution in [0.3, 0.4) is 0 Å². The van der Waals surface area contributed by atoms with Crippen molar-refractivity contribution >= 4 is 32.5 Å². The van der Waals surface area contributed by atoms with Gasteiger partial charge in [-0.2, -0.15) is 0 Å². The molecule has 20 heavy (non-hydrogen) atoms. The molecule has 0 radical (unpaired) electrons. The van der Waals surface area contributed by atoms with Crippen LogP contribution in [0.1, 0.15) is 18.2 Å². The number of esters is 1. The number of rotatable bonds is 5. The predicted molar refractivity (Wildman–Crippen MR) is 74.7 cm³/mol. The maximum absolute atomic E-state index is 11.9. The van der Waals surface area contributed by atoms with Crippen molar-refractivity contribution in [1.82, 2.24) is 4.98 Å². The Hall–Kier alpha value is -1.63. The van der Waals surface area contributed by atoms with Crippen LogP contribution in [0.25, 0.3) is 0 Å². The number of sulfonamides is 1. The maximum atomic E-state index is 11.9. The van der Waals surface area contributed by atoms with Crippen LogP contribution in [0.2, 0.25) is 0 Å². The van der Waals surface area contributed by atoms with Gasteiger partial charge in [-0.05, 0) is 6.92 Å². The number of nitrogens with zero attached hydrogens (tertiary/aromatic N) is 1. The van der Waals surface area contributed by atoms with Crippen molar-refractivity contribution in [3.8, 4) is 11.8 Å². The number of carbonyl (C=O) groups is 1. The van der Waals surface area contributed by atoms with Crippen LogP contribution in [-0.2, 0) is 19.6 Å². The molecule has 0 aliphatic rings. The zero-order valence-corrected chi connectivity index (χ0v) is 12.5. The van der Waals surface area contributed by atoms with E-state index < -0.39 is 21.2 Å². The minimum Gasteiger partial charge on any atom is -0.468 e. The summed E-state index contributed by atoms with van der Waals surface area (Å²) in [5.74, 6) is 4.58. The van der Waals surface area contributed by atoms with E-state index in [9.17, 15) is 13.2 Å². The number of carbonyl (C=O) groups excluding carboxylic acids is 1. The fourth-order valence-corrected chi connectivity index (χ4v) is 2.97. The summed E-state index contributed by atoms with van der Waals surface area (Å²) in [4.78, 5) is 15.6. The van der Waals surface area contributed by atoms with Crippen molar-refractivity contribution in [3.05, 3.63) is 11.1 Å². The lowest BCUT2D eigenvalue weighted by Gasteiger charge is -2.10. The van der Waals surface area contributed by atoms with Crippen LogP contribution < -0.4 is 4.72 Å². The van der Waals surface area contributed by atoms with E-state index in [1.165, 1.54) is 13.1 Å². The molecule has 9 heteroatoms. The van der Waals surface area contributed by atoms with Crippen LogP contribution in [-0.4, -0.2) is 43.4 Å². The lowest BCUT2D eigenvalue weighted by atomic mass is 10.4. The molecule has 1 aromatic heterocycles. The van der Waals surface area contributed by atoms with Gasteiger partial charge >= 0.3 is 5.97 Å². The summed E-state index contributed by atoms with van der Waals surface area (Å²) in [6.07, 6.45) is 1.74. The monoisotopic (exact) mass is 318 g/mol. The van der Waals surface area contributed by atoms with E-state index in [0.29, 0.717) is 11.3 Å². The number of hydrogen-bond acceptors (Lipinski definition) is 7. The Balaban J connectivity index is 2.79. The van der Waals surface area contributed by atoms with E-state index in [0.717, 1.165) is 18.4 Å². The molecule has 7 nitrogen and oxygen atoms in total. The first-order valence-corrected chi connectivity index (χ1v) is 7.92. The lowest BCUT2D eigenvalue weighted by molar-refractivity contribution is -0.139. The maximum Gasteiger partial charge on any atom is 0.325 e. The molecule has 0 saturated heterocycles. The number of thiazole rings is 1. The van der Waals surface area contributed by atoms with Crippen molar-refractivity contribution in [1.29, 1.82) is 0 Å². The number of methoxy groups -OCH3 is 1. The van der Waals surface area contributed by atoms with Crippen LogP contribution in [0, 0.1) is 11.8 Å². The molecule has 0 aliphatic heterocycles. The highest BCUT2D eigenvalue weighted by atomic mass is 32.2. The van der Waals surface area contributed by atoms with Gasteiger partial charge in [0, 0.05) is 6.42 Å². The molecular weight excluding hydrogens is 304 g/mol. The van der Waals surface area contributed by atoms with E-state index in [1.807, 2.05) is 0 Å². The molecule has 1 unspecified atom stereocenters. The first-order chi connectivity index (χ1) is 9.40. The summed E-state index contributed by atoms with van der Waals surface area (Å²) < 4.78 is 30.3. The van der Waals surface area contributed by atoms with E-state index in [2.05, 4.69) is 26.3 Å². The largest absolute Gasteiger partial charge is 0.468 e. The molecular formula is C11H14N2O5S2. The van der Waals surface area contributed by atoms with Gasteiger partial charge < -0.3 is 9.84 Å². The van der Waals surface area contributed by atoms with Crippen LogP contribution in [0.15, 0.2) is 6.20 Å². The highest BCUT2D eigenvalue weighted by Crippen LogP contribution is 2.19. The Morgan fingerprint density at radius 3 is 2.95 bits per heavy atom. The standard InChI is InChI=1S/C11H14N2O5S2/c1-8(10(15)18-2)20(16,17)13-11-12-7-9(19-11)5-3-4-6-14/h7-8,14H,4,6H2,1-2H3,(H,12,13). The molecule has 0 bridgehead atoms. The van der Waals surface area contributed by atoms with Crippen molar-refractivity contribution in [2.45, 2.75) is 18.6 Å². The number of hydrogen-bond donors (Lipinski definition) is 2. The second-order valence-electron chi connectivity index (χ2n) is 3.62. The summed E-state index contributed by atoms with van der Waals surface area (Å²) in [5.41, 5.74) is 0. The second kappa shape index (κ2) is 7.23. The summed E-state index contributed by atoms with van der Waals surface area (Å²) in [6.45, 7) is 1.19. The fraction of sp³-hybridized carbons (Fsp3) is 0.455. The van der Waals surface area contributed by atoms with Gasteiger partial charge in [-0.15, -0.1) is 0 Å². The fourth-order valence-electron chi connectivity index (χ4n) is 1.09. The summed E-state index contributed by atoms with van der Waals surface area (Å²) in [7, 11) is -2.78. The smallest absolute Gasteiger partial charge is 0.325 e. The number of aromatic nitrogens is 1. The van der Waals surface area contributed by atoms with E-state index in [-0.39, 0.29) is 11.7 Å². The molecule has 1 rings (SSSR count). The Morgan fingerprint density at radius 2 is 2.35 bits per heavy atom. The molecule has 110 valence electrons. The summed E-state index contributed by atoms with van der Waals surface area (Å²) in [6, 6.07) is 0. The SMILES string of the molecule is COC(=O)C(C)S(=O)(=O)Nc1ncc(C#CCCO)s1. The third-order valence-electron chi connectivity index (χ3n) is 2.18. The molecule has 1 heterocycles. The van der Waals surface area contributed by atoms with Crippen molar-refractivity contribution in [3.63, 3.8) is 0 Å². The zero-order valence-electron chi connectivity index (χ0n) is 10.9. The minimum atomic E-state index is -3.90. The van der Waals surface area contributed by atoms with Gasteiger partial charge in [0.1, 0.15) is 0 Å². The van der Waals surface area contributed by atoms with Crippen molar-refractivity contribution < 1.29 is 23.1 Å². The third-order valence-corrected chi connectivity index (χ3v) is 4.74. The highest BCUT2D eigenvalue weighted by Gasteiger charge is 2.29. The van der Waals surface area contributed by atoms with Gasteiger partial charge in [0.25, 0.3) is 0 Å². The number of anilines is 1. The predicted octanol–water partition coefficient (Wildman–Crippen LogP) is 0.180. The molecule has 1 aromatic rings. The summed E-state index contributed by atoms with van der Waals surface area (Å²) in [5, 5.41) is 7.38. The van der Waals surface area contributed by atoms with Gasteiger partial charge in [0.2, 0.25) is 10.0 Å². The van der Waals surface area contributed by atoms with E-state index >= 15 is 0 Å². The number of aliphatic hydroxyl groups excluding tert-OH is 1. The Bertz CT molecular complexity index is 627. The van der Waals surface area contributed by atoms with Crippen LogP contribution in [0.4, 0.5) is 5.13 Å². The molecule has 0 amide bonds. The van der Waals surface area contributed by atoms with Gasteiger partial charge in [-0.25, -0.2) is 13.4 Å². The van der Waals surface area contributed by atoms with Gasteiger partial charge in [0.15, 0.2) is 10.4 Å². The van der Waals surface area contributed by atoms with Crippen LogP contribution in [0.5, 0.6) is 0 Å². The summed E-state index contributed by atoms with van der Waals surface area (Å²) >= 11 is 1.04. The van der Waals surface area contributed by atoms with E-state index in [4.69, 9.17) is 5.11 Å². The average Bonchev–Trinajstić information content (AvgIpc) is 2.84. The quantitative estimate of drug-likeness (QED) is 0.592.